The predicted octanol–water partition coefficient (Wildman–Crippen LogP) is 6.08. The Labute approximate surface area is 159 Å². The summed E-state index contributed by atoms with van der Waals surface area (Å²) in [4.78, 5) is 0. The van der Waals surface area contributed by atoms with E-state index in [0.29, 0.717) is 5.66 Å². The number of rotatable bonds is 5. The summed E-state index contributed by atoms with van der Waals surface area (Å²) in [6.07, 6.45) is 5.25. The van der Waals surface area contributed by atoms with Crippen molar-refractivity contribution in [2.24, 2.45) is 0 Å². The van der Waals surface area contributed by atoms with Gasteiger partial charge >= 0.3 is 0 Å². The lowest BCUT2D eigenvalue weighted by Gasteiger charge is -2.29. The van der Waals surface area contributed by atoms with E-state index in [1.807, 2.05) is 0 Å². The van der Waals surface area contributed by atoms with Gasteiger partial charge < -0.3 is 4.57 Å². The van der Waals surface area contributed by atoms with Gasteiger partial charge in [-0.1, -0.05) is 101 Å². The Morgan fingerprint density at radius 1 is 0.923 bits per heavy atom. The van der Waals surface area contributed by atoms with Gasteiger partial charge in [-0.15, -0.1) is 0 Å². The fraction of sp³-hybridized carbons (Fsp3) is 0.304. The molecule has 0 aliphatic heterocycles. The minimum Gasteiger partial charge on any atom is -0.321 e. The molecule has 3 rings (SSSR count). The third-order valence-electron chi connectivity index (χ3n) is 4.85. The maximum atomic E-state index is 13.2. The minimum absolute atomic E-state index is 0.165. The average molecular weight is 382 g/mol. The summed E-state index contributed by atoms with van der Waals surface area (Å²) in [6, 6.07) is 21.6. The summed E-state index contributed by atoms with van der Waals surface area (Å²) in [5, 5.41) is 3.72. The SMILES string of the molecule is C[C@H](C1=C([P@H](=O)C(C)(C)C)C=CC1)P(c1ccccc1)c1ccccc1. The lowest BCUT2D eigenvalue weighted by atomic mass is 10.2. The van der Waals surface area contributed by atoms with Gasteiger partial charge in [0, 0.05) is 16.1 Å². The Kier molecular flexibility index (Phi) is 6.01. The maximum absolute atomic E-state index is 13.2. The molecule has 0 saturated heterocycles. The van der Waals surface area contributed by atoms with Crippen LogP contribution in [0.5, 0.6) is 0 Å². The van der Waals surface area contributed by atoms with Gasteiger partial charge in [-0.05, 0) is 30.5 Å². The molecule has 0 aromatic heterocycles. The zero-order chi connectivity index (χ0) is 18.7. The molecule has 0 heterocycles. The average Bonchev–Trinajstić information content (AvgIpc) is 3.12. The van der Waals surface area contributed by atoms with Gasteiger partial charge in [-0.25, -0.2) is 0 Å². The molecule has 0 N–H and O–H groups in total. The number of hydrogen-bond acceptors (Lipinski definition) is 1. The highest BCUT2D eigenvalue weighted by molar-refractivity contribution is 7.73. The van der Waals surface area contributed by atoms with Crippen LogP contribution in [-0.4, -0.2) is 10.8 Å². The molecule has 136 valence electrons. The highest BCUT2D eigenvalue weighted by atomic mass is 31.1. The standard InChI is InChI=1S/C23H28OP2/c1-18(21-16-11-17-22(21)26(24)23(2,3)4)25(19-12-7-5-8-13-19)20-14-9-6-10-15-20/h5-15,17-18,26H,16H2,1-4H3/t18-/m1/s1. The molecule has 0 amide bonds. The first kappa shape index (κ1) is 19.3. The van der Waals surface area contributed by atoms with Crippen LogP contribution in [0.1, 0.15) is 34.1 Å². The van der Waals surface area contributed by atoms with Crippen molar-refractivity contribution in [3.63, 3.8) is 0 Å². The van der Waals surface area contributed by atoms with Crippen molar-refractivity contribution >= 4 is 26.3 Å². The zero-order valence-corrected chi connectivity index (χ0v) is 18.0. The van der Waals surface area contributed by atoms with Crippen molar-refractivity contribution in [3.05, 3.63) is 83.7 Å². The number of benzene rings is 2. The van der Waals surface area contributed by atoms with Crippen LogP contribution in [0, 0.1) is 0 Å². The normalized spacial score (nSPS) is 17.0. The Morgan fingerprint density at radius 3 is 1.88 bits per heavy atom. The van der Waals surface area contributed by atoms with Crippen LogP contribution in [-0.2, 0) is 4.57 Å². The number of hydrogen-bond donors (Lipinski definition) is 0. The predicted molar refractivity (Wildman–Crippen MR) is 118 cm³/mol. The summed E-state index contributed by atoms with van der Waals surface area (Å²) in [7, 11) is -2.35. The summed E-state index contributed by atoms with van der Waals surface area (Å²) in [6.45, 7) is 8.60. The van der Waals surface area contributed by atoms with Crippen LogP contribution in [0.4, 0.5) is 0 Å². The van der Waals surface area contributed by atoms with Crippen LogP contribution in [0.3, 0.4) is 0 Å². The molecule has 0 spiro atoms. The first-order chi connectivity index (χ1) is 12.4. The highest BCUT2D eigenvalue weighted by Gasteiger charge is 2.31. The monoisotopic (exact) mass is 382 g/mol. The zero-order valence-electron chi connectivity index (χ0n) is 16.1. The van der Waals surface area contributed by atoms with E-state index >= 15 is 0 Å². The van der Waals surface area contributed by atoms with Gasteiger partial charge in [0.25, 0.3) is 0 Å². The molecule has 26 heavy (non-hydrogen) atoms. The lowest BCUT2D eigenvalue weighted by Crippen LogP contribution is -2.21. The van der Waals surface area contributed by atoms with E-state index in [0.717, 1.165) is 11.7 Å². The third-order valence-corrected chi connectivity index (χ3v) is 9.99. The first-order valence-corrected chi connectivity index (χ1v) is 12.0. The molecule has 0 radical (unpaired) electrons. The van der Waals surface area contributed by atoms with E-state index < -0.39 is 15.7 Å². The topological polar surface area (TPSA) is 17.1 Å². The van der Waals surface area contributed by atoms with E-state index in [-0.39, 0.29) is 5.16 Å². The van der Waals surface area contributed by atoms with Gasteiger partial charge in [-0.3, -0.25) is 0 Å². The van der Waals surface area contributed by atoms with Crippen molar-refractivity contribution in [1.82, 2.24) is 0 Å². The largest absolute Gasteiger partial charge is 0.321 e. The second-order valence-electron chi connectivity index (χ2n) is 7.84. The molecule has 2 atom stereocenters. The van der Waals surface area contributed by atoms with E-state index in [1.165, 1.54) is 16.2 Å². The summed E-state index contributed by atoms with van der Waals surface area (Å²) in [5.74, 6) is 0. The lowest BCUT2D eigenvalue weighted by molar-refractivity contribution is 0.570. The third kappa shape index (κ3) is 4.11. The molecule has 0 fully saturated rings. The van der Waals surface area contributed by atoms with Crippen LogP contribution >= 0.6 is 15.7 Å². The Morgan fingerprint density at radius 2 is 1.42 bits per heavy atom. The quantitative estimate of drug-likeness (QED) is 0.573. The van der Waals surface area contributed by atoms with Crippen LogP contribution in [0.15, 0.2) is 83.7 Å². The van der Waals surface area contributed by atoms with Gasteiger partial charge in [0.05, 0.1) is 0 Å². The molecule has 2 aromatic rings. The molecule has 3 heteroatoms. The number of allylic oxidation sites excluding steroid dienone is 4. The van der Waals surface area contributed by atoms with E-state index in [9.17, 15) is 4.57 Å². The maximum Gasteiger partial charge on any atom is 0.109 e. The Balaban J connectivity index is 2.06. The van der Waals surface area contributed by atoms with Crippen LogP contribution in [0.25, 0.3) is 0 Å². The van der Waals surface area contributed by atoms with Gasteiger partial charge in [0.2, 0.25) is 0 Å². The molecule has 1 nitrogen and oxygen atoms in total. The highest BCUT2D eigenvalue weighted by Crippen LogP contribution is 2.54. The molecular formula is C23H28OP2. The van der Waals surface area contributed by atoms with E-state index in [2.05, 4.69) is 101 Å². The molecule has 0 unspecified atom stereocenters. The fourth-order valence-electron chi connectivity index (χ4n) is 3.47. The molecule has 2 aromatic carbocycles. The minimum atomic E-state index is -1.82. The summed E-state index contributed by atoms with van der Waals surface area (Å²) in [5.41, 5.74) is 1.75. The van der Waals surface area contributed by atoms with Crippen LogP contribution in [0.2, 0.25) is 0 Å². The Bertz CT molecular complexity index is 790. The van der Waals surface area contributed by atoms with Gasteiger partial charge in [0.1, 0.15) is 7.80 Å². The van der Waals surface area contributed by atoms with Crippen LogP contribution < -0.4 is 10.6 Å². The van der Waals surface area contributed by atoms with E-state index in [1.54, 1.807) is 0 Å². The second-order valence-corrected chi connectivity index (χ2v) is 13.1. The smallest absolute Gasteiger partial charge is 0.109 e. The fourth-order valence-corrected chi connectivity index (χ4v) is 8.02. The van der Waals surface area contributed by atoms with Crippen molar-refractivity contribution in [3.8, 4) is 0 Å². The van der Waals surface area contributed by atoms with Gasteiger partial charge in [-0.2, -0.15) is 0 Å². The van der Waals surface area contributed by atoms with Crippen molar-refractivity contribution in [2.75, 3.05) is 0 Å². The summed E-state index contributed by atoms with van der Waals surface area (Å²) < 4.78 is 13.2. The van der Waals surface area contributed by atoms with Crippen molar-refractivity contribution in [2.45, 2.75) is 44.9 Å². The molecule has 0 bridgehead atoms. The molecule has 1 aliphatic rings. The molecular weight excluding hydrogens is 354 g/mol. The Hall–Kier alpha value is -1.42. The van der Waals surface area contributed by atoms with Crippen molar-refractivity contribution < 1.29 is 4.57 Å². The molecule has 0 saturated carbocycles. The van der Waals surface area contributed by atoms with Crippen molar-refractivity contribution in [1.29, 1.82) is 0 Å². The second kappa shape index (κ2) is 8.08. The first-order valence-electron chi connectivity index (χ1n) is 9.23. The summed E-state index contributed by atoms with van der Waals surface area (Å²) >= 11 is 0. The van der Waals surface area contributed by atoms with E-state index in [4.69, 9.17) is 0 Å². The molecule has 1 aliphatic carbocycles. The van der Waals surface area contributed by atoms with Gasteiger partial charge in [0.15, 0.2) is 0 Å².